The molecule has 13 heteroatoms. The highest BCUT2D eigenvalue weighted by atomic mass is 35.5. The monoisotopic (exact) mass is 638 g/mol. The van der Waals surface area contributed by atoms with Gasteiger partial charge in [0.2, 0.25) is 0 Å². The number of phenols is 1. The van der Waals surface area contributed by atoms with E-state index >= 15 is 0 Å². The van der Waals surface area contributed by atoms with Gasteiger partial charge in [0.05, 0.1) is 24.3 Å². The molecule has 0 amide bonds. The Kier molecular flexibility index (Phi) is 7.63. The molecule has 0 aliphatic carbocycles. The summed E-state index contributed by atoms with van der Waals surface area (Å²) in [5.74, 6) is 2.75. The molecule has 4 fully saturated rings. The van der Waals surface area contributed by atoms with Crippen LogP contribution in [0.4, 0.5) is 10.2 Å². The summed E-state index contributed by atoms with van der Waals surface area (Å²) in [5, 5.41) is 15.2. The topological polar surface area (TPSA) is 105 Å². The molecule has 2 unspecified atom stereocenters. The minimum Gasteiger partial charge on any atom is -0.508 e. The van der Waals surface area contributed by atoms with Crippen molar-refractivity contribution in [2.45, 2.75) is 43.3 Å². The van der Waals surface area contributed by atoms with Crippen molar-refractivity contribution in [1.82, 2.24) is 25.2 Å². The number of aromatic hydroxyl groups is 1. The standard InChI is InChI=1S/C31H31FN6O4S.ClH/c1-2-22-23(32)6-5-18-11-21(39)12-24(25(18)22)42-30-34-26-27(37-13-19-15-40-16-20(14-37)33-19)35-29(36-28(26)43-30)41-17-31-7-3-9-38(31)10-4-8-31;/h1,5-6,11-12,19-20,33,39H,3-4,7-10,13-17H2;1H. The quantitative estimate of drug-likeness (QED) is 0.294. The number of hydrogen-bond acceptors (Lipinski definition) is 11. The van der Waals surface area contributed by atoms with Gasteiger partial charge in [-0.2, -0.15) is 15.0 Å². The number of hydrogen-bond donors (Lipinski definition) is 2. The van der Waals surface area contributed by atoms with Crippen molar-refractivity contribution in [2.24, 2.45) is 0 Å². The van der Waals surface area contributed by atoms with Crippen molar-refractivity contribution in [2.75, 3.05) is 50.9 Å². The Labute approximate surface area is 263 Å². The molecule has 2 aromatic carbocycles. The number of thiazole rings is 1. The van der Waals surface area contributed by atoms with E-state index in [-0.39, 0.29) is 52.3 Å². The van der Waals surface area contributed by atoms with Crippen LogP contribution in [0.2, 0.25) is 0 Å². The second-order valence-corrected chi connectivity index (χ2v) is 12.8. The smallest absolute Gasteiger partial charge is 0.319 e. The third-order valence-corrected chi connectivity index (χ3v) is 9.96. The van der Waals surface area contributed by atoms with Crippen molar-refractivity contribution in [1.29, 1.82) is 0 Å². The third-order valence-electron chi connectivity index (χ3n) is 9.13. The second kappa shape index (κ2) is 11.5. The summed E-state index contributed by atoms with van der Waals surface area (Å²) in [4.78, 5) is 19.9. The van der Waals surface area contributed by atoms with Gasteiger partial charge in [-0.1, -0.05) is 23.3 Å². The van der Waals surface area contributed by atoms with Gasteiger partial charge in [-0.05, 0) is 56.3 Å². The summed E-state index contributed by atoms with van der Waals surface area (Å²) in [6.45, 7) is 5.46. The maximum absolute atomic E-state index is 14.6. The lowest BCUT2D eigenvalue weighted by Crippen LogP contribution is -2.63. The van der Waals surface area contributed by atoms with Crippen LogP contribution in [0.5, 0.6) is 22.7 Å². The van der Waals surface area contributed by atoms with E-state index < -0.39 is 5.82 Å². The van der Waals surface area contributed by atoms with Gasteiger partial charge in [-0.25, -0.2) is 4.39 Å². The number of terminal acetylenes is 1. The number of halogens is 2. The van der Waals surface area contributed by atoms with Crippen LogP contribution in [0.15, 0.2) is 24.3 Å². The van der Waals surface area contributed by atoms with Gasteiger partial charge >= 0.3 is 6.01 Å². The molecule has 4 saturated heterocycles. The largest absolute Gasteiger partial charge is 0.508 e. The zero-order valence-electron chi connectivity index (χ0n) is 23.9. The third kappa shape index (κ3) is 5.06. The lowest BCUT2D eigenvalue weighted by atomic mass is 9.95. The number of nitrogens with one attached hydrogen (secondary N) is 1. The number of nitrogens with zero attached hydrogens (tertiary/aromatic N) is 5. The highest BCUT2D eigenvalue weighted by Crippen LogP contribution is 2.42. The van der Waals surface area contributed by atoms with Crippen molar-refractivity contribution in [3.63, 3.8) is 0 Å². The summed E-state index contributed by atoms with van der Waals surface area (Å²) in [7, 11) is 0. The number of rotatable bonds is 6. The van der Waals surface area contributed by atoms with Crippen LogP contribution in [0.1, 0.15) is 31.2 Å². The van der Waals surface area contributed by atoms with Crippen molar-refractivity contribution >= 4 is 50.7 Å². The second-order valence-electron chi connectivity index (χ2n) is 11.9. The first-order chi connectivity index (χ1) is 21.0. The molecule has 2 atom stereocenters. The Bertz CT molecular complexity index is 1760. The number of anilines is 1. The van der Waals surface area contributed by atoms with Gasteiger partial charge in [-0.3, -0.25) is 4.90 Å². The fourth-order valence-electron chi connectivity index (χ4n) is 7.23. The lowest BCUT2D eigenvalue weighted by Gasteiger charge is -2.42. The van der Waals surface area contributed by atoms with Gasteiger partial charge < -0.3 is 29.5 Å². The predicted molar refractivity (Wildman–Crippen MR) is 168 cm³/mol. The fourth-order valence-corrected chi connectivity index (χ4v) is 8.02. The summed E-state index contributed by atoms with van der Waals surface area (Å²) in [5.41, 5.74) is 0.721. The Hall–Kier alpha value is -3.47. The van der Waals surface area contributed by atoms with Crippen molar-refractivity contribution in [3.8, 4) is 35.0 Å². The van der Waals surface area contributed by atoms with Gasteiger partial charge in [0.1, 0.15) is 29.4 Å². The van der Waals surface area contributed by atoms with E-state index in [2.05, 4.69) is 21.0 Å². The van der Waals surface area contributed by atoms with E-state index in [4.69, 9.17) is 35.6 Å². The molecule has 10 nitrogen and oxygen atoms in total. The minimum absolute atomic E-state index is 0. The van der Waals surface area contributed by atoms with Crippen LogP contribution in [0.25, 0.3) is 21.1 Å². The Balaban J connectivity index is 0.00000312. The molecule has 2 aromatic heterocycles. The van der Waals surface area contributed by atoms with E-state index in [9.17, 15) is 9.50 Å². The average molecular weight is 639 g/mol. The first-order valence-electron chi connectivity index (χ1n) is 14.7. The average Bonchev–Trinajstić information content (AvgIpc) is 3.69. The highest BCUT2D eigenvalue weighted by molar-refractivity contribution is 7.19. The zero-order chi connectivity index (χ0) is 29.1. The SMILES string of the molecule is C#Cc1c(F)ccc2cc(O)cc(Oc3nc4c(N5CC6COCC(C5)N6)nc(OCC56CCCN5CCC6)nc4s3)c12.Cl. The number of aromatic nitrogens is 3. The minimum atomic E-state index is -0.541. The normalized spacial score (nSPS) is 22.5. The van der Waals surface area contributed by atoms with Crippen molar-refractivity contribution in [3.05, 3.63) is 35.6 Å². The molecule has 8 rings (SSSR count). The van der Waals surface area contributed by atoms with Crippen LogP contribution >= 0.6 is 23.7 Å². The Morgan fingerprint density at radius 2 is 1.91 bits per heavy atom. The maximum Gasteiger partial charge on any atom is 0.319 e. The number of piperazine rings is 1. The van der Waals surface area contributed by atoms with Crippen LogP contribution in [0.3, 0.4) is 0 Å². The molecule has 2 bridgehead atoms. The molecule has 0 radical (unpaired) electrons. The van der Waals surface area contributed by atoms with Crippen LogP contribution in [0, 0.1) is 18.2 Å². The molecular weight excluding hydrogens is 607 g/mol. The van der Waals surface area contributed by atoms with E-state index in [1.165, 1.54) is 42.4 Å². The molecule has 6 heterocycles. The number of ether oxygens (including phenoxy) is 3. The lowest BCUT2D eigenvalue weighted by molar-refractivity contribution is 0.0374. The number of phenolic OH excluding ortho intramolecular Hbond substituents is 1. The summed E-state index contributed by atoms with van der Waals surface area (Å²) >= 11 is 1.24. The number of morpholine rings is 1. The molecule has 4 aliphatic rings. The van der Waals surface area contributed by atoms with E-state index in [1.807, 2.05) is 0 Å². The molecule has 0 spiro atoms. The summed E-state index contributed by atoms with van der Waals surface area (Å²) < 4.78 is 33.0. The van der Waals surface area contributed by atoms with Gasteiger partial charge in [0.25, 0.3) is 5.19 Å². The number of benzene rings is 2. The molecule has 4 aromatic rings. The van der Waals surface area contributed by atoms with Crippen molar-refractivity contribution < 1.29 is 23.7 Å². The highest BCUT2D eigenvalue weighted by Gasteiger charge is 2.45. The molecule has 230 valence electrons. The van der Waals surface area contributed by atoms with Gasteiger partial charge in [0.15, 0.2) is 10.6 Å². The molecule has 2 N–H and O–H groups in total. The van der Waals surface area contributed by atoms with Crippen LogP contribution < -0.4 is 19.7 Å². The predicted octanol–water partition coefficient (Wildman–Crippen LogP) is 4.46. The molecular formula is C31H32ClFN6O4S. The number of fused-ring (bicyclic) bond motifs is 5. The maximum atomic E-state index is 14.6. The Morgan fingerprint density at radius 3 is 2.66 bits per heavy atom. The van der Waals surface area contributed by atoms with E-state index in [0.29, 0.717) is 65.9 Å². The van der Waals surface area contributed by atoms with Gasteiger partial charge in [0, 0.05) is 36.6 Å². The molecule has 44 heavy (non-hydrogen) atoms. The first-order valence-corrected chi connectivity index (χ1v) is 15.5. The zero-order valence-corrected chi connectivity index (χ0v) is 25.6. The molecule has 0 saturated carbocycles. The first kappa shape index (κ1) is 29.3. The summed E-state index contributed by atoms with van der Waals surface area (Å²) in [6, 6.07) is 6.46. The van der Waals surface area contributed by atoms with E-state index in [1.54, 1.807) is 6.07 Å². The molecule has 4 aliphatic heterocycles. The fraction of sp³-hybridized carbons (Fsp3) is 0.452. The van der Waals surface area contributed by atoms with Crippen LogP contribution in [-0.2, 0) is 4.74 Å². The summed E-state index contributed by atoms with van der Waals surface area (Å²) in [6.07, 6.45) is 10.3. The van der Waals surface area contributed by atoms with Gasteiger partial charge in [-0.15, -0.1) is 18.8 Å². The van der Waals surface area contributed by atoms with E-state index in [0.717, 1.165) is 25.9 Å². The van der Waals surface area contributed by atoms with Crippen LogP contribution in [-0.4, -0.2) is 88.6 Å². The Morgan fingerprint density at radius 1 is 1.14 bits per heavy atom.